The number of nitrogens with one attached hydrogen (secondary N) is 1. The summed E-state index contributed by atoms with van der Waals surface area (Å²) in [7, 11) is -3.69. The first-order valence-corrected chi connectivity index (χ1v) is 15.1. The quantitative estimate of drug-likeness (QED) is 0.456. The minimum absolute atomic E-state index is 0. The molecule has 1 saturated heterocycles. The fourth-order valence-corrected chi connectivity index (χ4v) is 7.16. The molecule has 2 atom stereocenters. The standard InChI is InChI=1S/C26H30ClN5O3S2.2H2/c1-18-17-30(22-6-8-23(9-7-22)37(34,35)29-26-28-11-15-36-26)13-14-31(18)25(33)19(2)32-12-3-4-20-16-21(27)5-10-24(20)32;;/h5-11,15-16,18-19H,3-4,12-14,17H2,1-2H3,(H,28,29);2*1H/t18?,19-;;/m0../s1. The number of fused-ring (bicyclic) bond motifs is 1. The number of thiazole rings is 1. The van der Waals surface area contributed by atoms with Gasteiger partial charge in [0.25, 0.3) is 10.0 Å². The van der Waals surface area contributed by atoms with Crippen molar-refractivity contribution in [1.29, 1.82) is 0 Å². The maximum absolute atomic E-state index is 13.6. The molecule has 2 aromatic carbocycles. The number of hydrogen-bond donors (Lipinski definition) is 1. The molecule has 3 aromatic rings. The number of anilines is 3. The predicted molar refractivity (Wildman–Crippen MR) is 154 cm³/mol. The van der Waals surface area contributed by atoms with Gasteiger partial charge in [0.05, 0.1) is 4.90 Å². The van der Waals surface area contributed by atoms with E-state index in [2.05, 4.69) is 26.4 Å². The molecule has 1 aromatic heterocycles. The smallest absolute Gasteiger partial charge is 0.263 e. The van der Waals surface area contributed by atoms with E-state index in [1.165, 1.54) is 16.9 Å². The highest BCUT2D eigenvalue weighted by molar-refractivity contribution is 7.93. The normalized spacial score (nSPS) is 18.9. The van der Waals surface area contributed by atoms with Gasteiger partial charge >= 0.3 is 0 Å². The van der Waals surface area contributed by atoms with Gasteiger partial charge < -0.3 is 14.7 Å². The number of halogens is 1. The number of rotatable bonds is 6. The molecule has 0 spiro atoms. The fourth-order valence-electron chi connectivity index (χ4n) is 5.17. The lowest BCUT2D eigenvalue weighted by atomic mass is 9.99. The Labute approximate surface area is 229 Å². The zero-order valence-corrected chi connectivity index (χ0v) is 23.2. The van der Waals surface area contributed by atoms with E-state index in [9.17, 15) is 13.2 Å². The molecule has 2 aliphatic rings. The predicted octanol–water partition coefficient (Wildman–Crippen LogP) is 4.97. The zero-order valence-electron chi connectivity index (χ0n) is 20.8. The van der Waals surface area contributed by atoms with Crippen LogP contribution < -0.4 is 14.5 Å². The number of carbonyl (C=O) groups excluding carboxylic acids is 1. The number of amides is 1. The highest BCUT2D eigenvalue weighted by atomic mass is 35.5. The molecule has 1 amide bonds. The van der Waals surface area contributed by atoms with Crippen LogP contribution in [0.5, 0.6) is 0 Å². The summed E-state index contributed by atoms with van der Waals surface area (Å²) in [4.78, 5) is 24.1. The molecular formula is C26H34ClN5O3S2. The van der Waals surface area contributed by atoms with Crippen LogP contribution in [0.25, 0.3) is 0 Å². The summed E-state index contributed by atoms with van der Waals surface area (Å²) in [5.74, 6) is 0.129. The second-order valence-electron chi connectivity index (χ2n) is 9.51. The number of benzene rings is 2. The molecule has 1 N–H and O–H groups in total. The lowest BCUT2D eigenvalue weighted by Gasteiger charge is -2.44. The molecule has 3 heterocycles. The Kier molecular flexibility index (Phi) is 7.33. The van der Waals surface area contributed by atoms with Crippen LogP contribution >= 0.6 is 22.9 Å². The van der Waals surface area contributed by atoms with E-state index >= 15 is 0 Å². The summed E-state index contributed by atoms with van der Waals surface area (Å²) in [6.07, 6.45) is 3.53. The molecule has 5 rings (SSSR count). The summed E-state index contributed by atoms with van der Waals surface area (Å²) in [5.41, 5.74) is 3.23. The minimum atomic E-state index is -3.69. The van der Waals surface area contributed by atoms with Crippen molar-refractivity contribution in [1.82, 2.24) is 9.88 Å². The number of piperazine rings is 1. The van der Waals surface area contributed by atoms with Gasteiger partial charge in [0, 0.05) is 63.0 Å². The van der Waals surface area contributed by atoms with Crippen LogP contribution in [0.15, 0.2) is 58.9 Å². The second kappa shape index (κ2) is 10.5. The van der Waals surface area contributed by atoms with Crippen molar-refractivity contribution < 1.29 is 16.1 Å². The topological polar surface area (TPSA) is 85.9 Å². The third kappa shape index (κ3) is 5.42. The Balaban J connectivity index is 0.00000210. The lowest BCUT2D eigenvalue weighted by molar-refractivity contribution is -0.134. The number of hydrogen-bond acceptors (Lipinski definition) is 7. The molecule has 1 unspecified atom stereocenters. The molecule has 2 aliphatic heterocycles. The summed E-state index contributed by atoms with van der Waals surface area (Å²) >= 11 is 7.43. The summed E-state index contributed by atoms with van der Waals surface area (Å²) in [5, 5.41) is 2.78. The maximum Gasteiger partial charge on any atom is 0.263 e. The van der Waals surface area contributed by atoms with Crippen LogP contribution in [0.2, 0.25) is 5.02 Å². The van der Waals surface area contributed by atoms with Gasteiger partial charge in [-0.25, -0.2) is 13.4 Å². The molecule has 0 bridgehead atoms. The fraction of sp³-hybridized carbons (Fsp3) is 0.385. The highest BCUT2D eigenvalue weighted by Gasteiger charge is 2.34. The van der Waals surface area contributed by atoms with E-state index in [-0.39, 0.29) is 25.7 Å². The number of aryl methyl sites for hydroxylation is 1. The van der Waals surface area contributed by atoms with Crippen molar-refractivity contribution in [3.05, 3.63) is 64.6 Å². The van der Waals surface area contributed by atoms with E-state index < -0.39 is 10.0 Å². The highest BCUT2D eigenvalue weighted by Crippen LogP contribution is 2.32. The molecular weight excluding hydrogens is 530 g/mol. The van der Waals surface area contributed by atoms with Gasteiger partial charge in [-0.3, -0.25) is 9.52 Å². The van der Waals surface area contributed by atoms with Crippen LogP contribution in [0.1, 0.15) is 28.7 Å². The molecule has 11 heteroatoms. The van der Waals surface area contributed by atoms with E-state index in [0.717, 1.165) is 35.8 Å². The number of aromatic nitrogens is 1. The van der Waals surface area contributed by atoms with Crippen LogP contribution in [0, 0.1) is 0 Å². The van der Waals surface area contributed by atoms with Crippen molar-refractivity contribution in [3.63, 3.8) is 0 Å². The van der Waals surface area contributed by atoms with E-state index in [4.69, 9.17) is 11.6 Å². The first kappa shape index (κ1) is 25.8. The number of nitrogens with zero attached hydrogens (tertiary/aromatic N) is 4. The third-order valence-electron chi connectivity index (χ3n) is 7.10. The Morgan fingerprint density at radius 1 is 1.19 bits per heavy atom. The van der Waals surface area contributed by atoms with Crippen molar-refractivity contribution in [3.8, 4) is 0 Å². The SMILES string of the molecule is CC1CN(c2ccc(S(=O)(=O)Nc3nccs3)cc2)CCN1C(=O)[C@H](C)N1CCCc2cc(Cl)ccc21.[HH].[HH]. The summed E-state index contributed by atoms with van der Waals surface area (Å²) in [6.45, 7) is 6.87. The van der Waals surface area contributed by atoms with Gasteiger partial charge in [-0.15, -0.1) is 11.3 Å². The maximum atomic E-state index is 13.6. The van der Waals surface area contributed by atoms with Crippen molar-refractivity contribution in [2.45, 2.75) is 43.7 Å². The molecule has 37 heavy (non-hydrogen) atoms. The van der Waals surface area contributed by atoms with E-state index in [1.54, 1.807) is 23.7 Å². The second-order valence-corrected chi connectivity index (χ2v) is 12.5. The van der Waals surface area contributed by atoms with Gasteiger partial charge in [0.1, 0.15) is 6.04 Å². The van der Waals surface area contributed by atoms with Crippen molar-refractivity contribution in [2.75, 3.05) is 40.7 Å². The van der Waals surface area contributed by atoms with E-state index in [0.29, 0.717) is 24.8 Å². The van der Waals surface area contributed by atoms with Crippen LogP contribution in [0.4, 0.5) is 16.5 Å². The molecule has 8 nitrogen and oxygen atoms in total. The largest absolute Gasteiger partial charge is 0.368 e. The van der Waals surface area contributed by atoms with Gasteiger partial charge in [0.2, 0.25) is 5.91 Å². The van der Waals surface area contributed by atoms with Crippen LogP contribution in [0.3, 0.4) is 0 Å². The number of carbonyl (C=O) groups is 1. The lowest BCUT2D eigenvalue weighted by Crippen LogP contribution is -2.58. The Morgan fingerprint density at radius 2 is 1.97 bits per heavy atom. The van der Waals surface area contributed by atoms with Crippen LogP contribution in [-0.4, -0.2) is 62.5 Å². The first-order chi connectivity index (χ1) is 17.7. The molecule has 1 fully saturated rings. The average molecular weight is 564 g/mol. The molecule has 0 saturated carbocycles. The Morgan fingerprint density at radius 3 is 2.68 bits per heavy atom. The first-order valence-electron chi connectivity index (χ1n) is 12.4. The summed E-state index contributed by atoms with van der Waals surface area (Å²) < 4.78 is 27.8. The van der Waals surface area contributed by atoms with E-state index in [1.807, 2.05) is 42.2 Å². The minimum Gasteiger partial charge on any atom is -0.368 e. The van der Waals surface area contributed by atoms with Gasteiger partial charge in [-0.1, -0.05) is 11.6 Å². The molecule has 0 radical (unpaired) electrons. The van der Waals surface area contributed by atoms with Gasteiger partial charge in [0.15, 0.2) is 5.13 Å². The molecule has 0 aliphatic carbocycles. The van der Waals surface area contributed by atoms with Crippen LogP contribution in [-0.2, 0) is 21.2 Å². The average Bonchev–Trinajstić information content (AvgIpc) is 3.39. The monoisotopic (exact) mass is 563 g/mol. The Bertz CT molecular complexity index is 1380. The number of sulfonamides is 1. The third-order valence-corrected chi connectivity index (χ3v) is 9.51. The van der Waals surface area contributed by atoms with Gasteiger partial charge in [-0.05, 0) is 74.7 Å². The zero-order chi connectivity index (χ0) is 26.2. The molecule has 200 valence electrons. The van der Waals surface area contributed by atoms with Crippen molar-refractivity contribution >= 4 is 55.4 Å². The Hall–Kier alpha value is -2.82. The van der Waals surface area contributed by atoms with Crippen molar-refractivity contribution in [2.24, 2.45) is 0 Å². The van der Waals surface area contributed by atoms with Gasteiger partial charge in [-0.2, -0.15) is 0 Å². The summed E-state index contributed by atoms with van der Waals surface area (Å²) in [6, 6.07) is 12.5.